The molecule has 6 rings (SSSR count). The summed E-state index contributed by atoms with van der Waals surface area (Å²) in [6, 6.07) is 19.0. The number of fused-ring (bicyclic) bond motifs is 4. The van der Waals surface area contributed by atoms with Crippen molar-refractivity contribution in [1.29, 1.82) is 0 Å². The molecule has 0 saturated carbocycles. The minimum atomic E-state index is -0.0423. The molecule has 0 N–H and O–H groups in total. The monoisotopic (exact) mass is 498 g/mol. The Labute approximate surface area is 230 Å². The summed E-state index contributed by atoms with van der Waals surface area (Å²) >= 11 is 0. The second-order valence-electron chi connectivity index (χ2n) is 12.8. The van der Waals surface area contributed by atoms with Crippen molar-refractivity contribution < 1.29 is 0 Å². The van der Waals surface area contributed by atoms with Crippen LogP contribution in [0.15, 0.2) is 94.6 Å². The highest BCUT2D eigenvalue weighted by molar-refractivity contribution is 5.81. The highest BCUT2D eigenvalue weighted by Gasteiger charge is 2.53. The van der Waals surface area contributed by atoms with E-state index in [1.807, 2.05) is 0 Å². The summed E-state index contributed by atoms with van der Waals surface area (Å²) in [6.07, 6.45) is 9.79. The molecule has 0 bridgehead atoms. The maximum atomic E-state index is 2.66. The lowest BCUT2D eigenvalue weighted by molar-refractivity contribution is 0.450. The number of aryl methyl sites for hydroxylation is 2. The van der Waals surface area contributed by atoms with Crippen LogP contribution in [0.25, 0.3) is 11.1 Å². The molecule has 2 unspecified atom stereocenters. The van der Waals surface area contributed by atoms with E-state index in [0.29, 0.717) is 17.8 Å². The Morgan fingerprint density at radius 2 is 1.58 bits per heavy atom. The molecule has 0 saturated heterocycles. The first kappa shape index (κ1) is 25.2. The summed E-state index contributed by atoms with van der Waals surface area (Å²) in [4.78, 5) is 0. The number of rotatable bonds is 3. The fraction of sp³-hybridized carbons (Fsp3) is 0.368. The molecule has 1 aromatic carbocycles. The van der Waals surface area contributed by atoms with Crippen LogP contribution in [0, 0.1) is 25.2 Å². The fourth-order valence-electron chi connectivity index (χ4n) is 7.75. The molecule has 0 aromatic heterocycles. The molecule has 1 aromatic rings. The third-order valence-corrected chi connectivity index (χ3v) is 9.61. The average Bonchev–Trinajstić information content (AvgIpc) is 3.33. The molecule has 5 aliphatic rings. The van der Waals surface area contributed by atoms with Crippen LogP contribution in [0.1, 0.15) is 93.2 Å². The van der Waals surface area contributed by atoms with E-state index in [9.17, 15) is 0 Å². The largest absolute Gasteiger partial charge is 0.0770 e. The van der Waals surface area contributed by atoms with Crippen LogP contribution in [0.3, 0.4) is 0 Å². The zero-order valence-electron chi connectivity index (χ0n) is 24.5. The predicted molar refractivity (Wildman–Crippen MR) is 163 cm³/mol. The summed E-state index contributed by atoms with van der Waals surface area (Å²) in [6.45, 7) is 18.6. The van der Waals surface area contributed by atoms with E-state index < -0.39 is 0 Å². The van der Waals surface area contributed by atoms with E-state index in [2.05, 4.69) is 122 Å². The Kier molecular flexibility index (Phi) is 5.95. The van der Waals surface area contributed by atoms with Crippen LogP contribution in [-0.2, 0) is 6.42 Å². The van der Waals surface area contributed by atoms with Gasteiger partial charge in [-0.05, 0) is 119 Å². The third-order valence-electron chi connectivity index (χ3n) is 9.61. The second-order valence-corrected chi connectivity index (χ2v) is 12.8. The zero-order valence-corrected chi connectivity index (χ0v) is 24.5. The van der Waals surface area contributed by atoms with Crippen molar-refractivity contribution in [3.8, 4) is 11.1 Å². The van der Waals surface area contributed by atoms with E-state index >= 15 is 0 Å². The molecule has 38 heavy (non-hydrogen) atoms. The van der Waals surface area contributed by atoms with Gasteiger partial charge in [-0.3, -0.25) is 0 Å². The van der Waals surface area contributed by atoms with Crippen molar-refractivity contribution in [2.24, 2.45) is 11.3 Å². The Balaban J connectivity index is 1.64. The van der Waals surface area contributed by atoms with Crippen LogP contribution >= 0.6 is 0 Å². The van der Waals surface area contributed by atoms with Crippen molar-refractivity contribution in [3.05, 3.63) is 128 Å². The SMILES string of the molecule is CC1=CC2(Cc3ccccc3C2c2cc(C)c3cc(C(C)C)ccc(C)c2-3)C2=C(C)CC=C(C(C)C)C=C12. The van der Waals surface area contributed by atoms with Gasteiger partial charge >= 0.3 is 0 Å². The number of hydrogen-bond donors (Lipinski definition) is 0. The van der Waals surface area contributed by atoms with Gasteiger partial charge in [0, 0.05) is 11.3 Å². The Morgan fingerprint density at radius 1 is 0.816 bits per heavy atom. The first-order valence-electron chi connectivity index (χ1n) is 14.6. The number of benzene rings is 1. The van der Waals surface area contributed by atoms with E-state index in [-0.39, 0.29) is 5.41 Å². The van der Waals surface area contributed by atoms with Crippen molar-refractivity contribution in [2.75, 3.05) is 0 Å². The van der Waals surface area contributed by atoms with E-state index in [0.717, 1.165) is 12.8 Å². The van der Waals surface area contributed by atoms with Crippen LogP contribution in [0.2, 0.25) is 0 Å². The molecular weight excluding hydrogens is 456 g/mol. The van der Waals surface area contributed by atoms with Gasteiger partial charge in [-0.2, -0.15) is 0 Å². The molecule has 5 aliphatic carbocycles. The van der Waals surface area contributed by atoms with Crippen molar-refractivity contribution in [1.82, 2.24) is 0 Å². The molecule has 0 aliphatic heterocycles. The molecule has 194 valence electrons. The number of hydrogen-bond acceptors (Lipinski definition) is 0. The Bertz CT molecular complexity index is 1550. The molecule has 0 nitrogen and oxygen atoms in total. The van der Waals surface area contributed by atoms with Gasteiger partial charge in [-0.25, -0.2) is 0 Å². The summed E-state index contributed by atoms with van der Waals surface area (Å²) in [7, 11) is 0. The van der Waals surface area contributed by atoms with E-state index in [1.54, 1.807) is 5.57 Å². The van der Waals surface area contributed by atoms with Crippen LogP contribution in [0.4, 0.5) is 0 Å². The lowest BCUT2D eigenvalue weighted by Gasteiger charge is -2.35. The van der Waals surface area contributed by atoms with Gasteiger partial charge in [-0.15, -0.1) is 0 Å². The molecular formula is C38H42. The van der Waals surface area contributed by atoms with Crippen LogP contribution in [0.5, 0.6) is 0 Å². The quantitative estimate of drug-likeness (QED) is 0.337. The van der Waals surface area contributed by atoms with Gasteiger partial charge in [-0.1, -0.05) is 100 Å². The van der Waals surface area contributed by atoms with Gasteiger partial charge in [0.25, 0.3) is 0 Å². The first-order valence-corrected chi connectivity index (χ1v) is 14.6. The van der Waals surface area contributed by atoms with Gasteiger partial charge in [0.05, 0.1) is 0 Å². The summed E-state index contributed by atoms with van der Waals surface area (Å²) in [5.41, 5.74) is 19.1. The van der Waals surface area contributed by atoms with E-state index in [4.69, 9.17) is 0 Å². The third kappa shape index (κ3) is 3.64. The number of allylic oxidation sites excluding steroid dienone is 8. The first-order chi connectivity index (χ1) is 18.1. The van der Waals surface area contributed by atoms with Gasteiger partial charge in [0.2, 0.25) is 0 Å². The normalized spacial score (nSPS) is 22.7. The molecule has 1 spiro atoms. The molecule has 2 atom stereocenters. The Morgan fingerprint density at radius 3 is 2.32 bits per heavy atom. The van der Waals surface area contributed by atoms with Gasteiger partial charge in [0.1, 0.15) is 0 Å². The predicted octanol–water partition coefficient (Wildman–Crippen LogP) is 10.4. The molecule has 0 radical (unpaired) electrons. The lowest BCUT2D eigenvalue weighted by Crippen LogP contribution is -2.26. The summed E-state index contributed by atoms with van der Waals surface area (Å²) in [5, 5.41) is 0. The molecule has 0 heteroatoms. The average molecular weight is 499 g/mol. The summed E-state index contributed by atoms with van der Waals surface area (Å²) in [5.74, 6) is 1.36. The van der Waals surface area contributed by atoms with Crippen molar-refractivity contribution in [3.63, 3.8) is 0 Å². The Hall–Kier alpha value is -3.12. The highest BCUT2D eigenvalue weighted by atomic mass is 14.6. The second kappa shape index (κ2) is 8.98. The van der Waals surface area contributed by atoms with Gasteiger partial charge < -0.3 is 0 Å². The lowest BCUT2D eigenvalue weighted by atomic mass is 9.67. The maximum absolute atomic E-state index is 2.66. The van der Waals surface area contributed by atoms with Gasteiger partial charge in [0.15, 0.2) is 0 Å². The smallest absolute Gasteiger partial charge is 0.0293 e. The topological polar surface area (TPSA) is 0 Å². The molecule has 0 fully saturated rings. The summed E-state index contributed by atoms with van der Waals surface area (Å²) < 4.78 is 0. The fourth-order valence-corrected chi connectivity index (χ4v) is 7.75. The van der Waals surface area contributed by atoms with Crippen molar-refractivity contribution >= 4 is 0 Å². The molecule has 0 heterocycles. The van der Waals surface area contributed by atoms with Crippen molar-refractivity contribution in [2.45, 2.75) is 80.1 Å². The van der Waals surface area contributed by atoms with Crippen LogP contribution < -0.4 is 0 Å². The minimum Gasteiger partial charge on any atom is -0.0770 e. The standard InChI is InChI=1S/C38H42/c1-22(2)28-15-13-24(5)35-32(18-28)26(7)17-34(35)37-31-12-10-9-11-30(31)21-38(37)20-27(8)33-19-29(23(3)4)16-14-25(6)36(33)38/h9-13,15-20,22-23,37H,14,21H2,1-8H3. The van der Waals surface area contributed by atoms with Crippen LogP contribution in [-0.4, -0.2) is 0 Å². The maximum Gasteiger partial charge on any atom is 0.0293 e. The highest BCUT2D eigenvalue weighted by Crippen LogP contribution is 2.64. The van der Waals surface area contributed by atoms with E-state index in [1.165, 1.54) is 66.8 Å². The molecule has 0 amide bonds. The minimum absolute atomic E-state index is 0.0423. The zero-order chi connectivity index (χ0) is 26.9.